The lowest BCUT2D eigenvalue weighted by atomic mass is 10.1. The van der Waals surface area contributed by atoms with Crippen LogP contribution >= 0.6 is 0 Å². The molecular weight excluding hydrogens is 344 g/mol. The molecule has 0 aromatic rings. The topological polar surface area (TPSA) is 72.8 Å². The average Bonchev–Trinajstić information content (AvgIpc) is 2.64. The Bertz CT molecular complexity index is 402. The Hall–Kier alpha value is -1.62. The minimum atomic E-state index is -0.603. The molecule has 0 heterocycles. The van der Waals surface area contributed by atoms with Crippen LogP contribution in [0.3, 0.4) is 0 Å². The fourth-order valence-electron chi connectivity index (χ4n) is 2.14. The second-order valence-corrected chi connectivity index (χ2v) is 6.78. The first-order valence-corrected chi connectivity index (χ1v) is 10.1. The van der Waals surface area contributed by atoms with Crippen molar-refractivity contribution < 1.29 is 24.2 Å². The highest BCUT2D eigenvalue weighted by Crippen LogP contribution is 2.10. The molecule has 0 aliphatic rings. The number of aliphatic hydroxyl groups excluding tert-OH is 1. The highest BCUT2D eigenvalue weighted by Gasteiger charge is 2.01. The molecule has 0 aliphatic heterocycles. The molecule has 0 rings (SSSR count). The van der Waals surface area contributed by atoms with Gasteiger partial charge in [0.25, 0.3) is 0 Å². The third kappa shape index (κ3) is 24.4. The summed E-state index contributed by atoms with van der Waals surface area (Å²) in [5, 5.41) is 8.59. The lowest BCUT2D eigenvalue weighted by Crippen LogP contribution is -2.13. The summed E-state index contributed by atoms with van der Waals surface area (Å²) in [5.41, 5.74) is 0.488. The van der Waals surface area contributed by atoms with Gasteiger partial charge < -0.3 is 14.6 Å². The lowest BCUT2D eigenvalue weighted by Gasteiger charge is -2.04. The normalized spacial score (nSPS) is 11.0. The summed E-state index contributed by atoms with van der Waals surface area (Å²) in [6, 6.07) is 0. The zero-order valence-corrected chi connectivity index (χ0v) is 17.6. The van der Waals surface area contributed by atoms with E-state index in [1.54, 1.807) is 6.92 Å². The van der Waals surface area contributed by atoms with Crippen molar-refractivity contribution in [2.24, 2.45) is 0 Å². The maximum atomic E-state index is 11.1. The molecule has 5 nitrogen and oxygen atoms in total. The Balaban J connectivity index is 0. The molecule has 27 heavy (non-hydrogen) atoms. The van der Waals surface area contributed by atoms with Crippen LogP contribution in [-0.2, 0) is 19.1 Å². The first-order valence-electron chi connectivity index (χ1n) is 10.1. The van der Waals surface area contributed by atoms with Gasteiger partial charge in [0.05, 0.1) is 12.7 Å². The SMILES string of the molecule is C=C(C)C(=O)OCCCCCCCCCCCC.C=CC(=O)OCC(C)O. The Morgan fingerprint density at radius 3 is 1.85 bits per heavy atom. The predicted molar refractivity (Wildman–Crippen MR) is 110 cm³/mol. The smallest absolute Gasteiger partial charge is 0.333 e. The van der Waals surface area contributed by atoms with Gasteiger partial charge in [0, 0.05) is 11.6 Å². The van der Waals surface area contributed by atoms with Crippen LogP contribution in [0.25, 0.3) is 0 Å². The molecule has 5 heteroatoms. The molecular formula is C22H40O5. The van der Waals surface area contributed by atoms with E-state index in [-0.39, 0.29) is 12.6 Å². The van der Waals surface area contributed by atoms with Crippen LogP contribution in [0.2, 0.25) is 0 Å². The van der Waals surface area contributed by atoms with Crippen molar-refractivity contribution in [1.29, 1.82) is 0 Å². The van der Waals surface area contributed by atoms with Crippen LogP contribution in [0.5, 0.6) is 0 Å². The first kappa shape index (κ1) is 27.6. The average molecular weight is 385 g/mol. The second-order valence-electron chi connectivity index (χ2n) is 6.78. The fraction of sp³-hybridized carbons (Fsp3) is 0.727. The molecule has 0 radical (unpaired) electrons. The van der Waals surface area contributed by atoms with Crippen molar-refractivity contribution in [1.82, 2.24) is 0 Å². The maximum absolute atomic E-state index is 11.1. The zero-order valence-electron chi connectivity index (χ0n) is 17.6. The molecule has 158 valence electrons. The molecule has 0 fully saturated rings. The number of ether oxygens (including phenoxy) is 2. The number of aliphatic hydroxyl groups is 1. The summed E-state index contributed by atoms with van der Waals surface area (Å²) in [7, 11) is 0. The van der Waals surface area contributed by atoms with Gasteiger partial charge >= 0.3 is 11.9 Å². The van der Waals surface area contributed by atoms with Gasteiger partial charge in [-0.2, -0.15) is 0 Å². The van der Waals surface area contributed by atoms with Crippen LogP contribution in [0.15, 0.2) is 24.8 Å². The molecule has 0 aromatic heterocycles. The van der Waals surface area contributed by atoms with E-state index in [1.807, 2.05) is 0 Å². The van der Waals surface area contributed by atoms with E-state index >= 15 is 0 Å². The predicted octanol–water partition coefficient (Wildman–Crippen LogP) is 5.12. The number of esters is 2. The van der Waals surface area contributed by atoms with E-state index in [0.717, 1.165) is 12.5 Å². The number of hydrogen-bond acceptors (Lipinski definition) is 5. The quantitative estimate of drug-likeness (QED) is 0.241. The summed E-state index contributed by atoms with van der Waals surface area (Å²) < 4.78 is 9.48. The van der Waals surface area contributed by atoms with Crippen molar-refractivity contribution in [2.75, 3.05) is 13.2 Å². The largest absolute Gasteiger partial charge is 0.462 e. The Morgan fingerprint density at radius 2 is 1.44 bits per heavy atom. The third-order valence-electron chi connectivity index (χ3n) is 3.71. The number of carbonyl (C=O) groups excluding carboxylic acids is 2. The van der Waals surface area contributed by atoms with Gasteiger partial charge in [-0.3, -0.25) is 0 Å². The molecule has 0 spiro atoms. The van der Waals surface area contributed by atoms with Gasteiger partial charge in [0.15, 0.2) is 0 Å². The number of unbranched alkanes of at least 4 members (excludes halogenated alkanes) is 9. The van der Waals surface area contributed by atoms with E-state index in [1.165, 1.54) is 64.7 Å². The first-order chi connectivity index (χ1) is 12.8. The summed E-state index contributed by atoms with van der Waals surface area (Å²) in [6.07, 6.45) is 13.4. The van der Waals surface area contributed by atoms with Crippen LogP contribution in [0, 0.1) is 0 Å². The summed E-state index contributed by atoms with van der Waals surface area (Å²) >= 11 is 0. The highest BCUT2D eigenvalue weighted by molar-refractivity contribution is 5.86. The summed E-state index contributed by atoms with van der Waals surface area (Å²) in [5.74, 6) is -0.762. The van der Waals surface area contributed by atoms with Gasteiger partial charge in [-0.05, 0) is 20.3 Å². The Morgan fingerprint density at radius 1 is 0.963 bits per heavy atom. The van der Waals surface area contributed by atoms with Crippen LogP contribution in [-0.4, -0.2) is 36.4 Å². The molecule has 0 aromatic carbocycles. The van der Waals surface area contributed by atoms with Crippen molar-refractivity contribution in [3.05, 3.63) is 24.8 Å². The van der Waals surface area contributed by atoms with Gasteiger partial charge in [-0.25, -0.2) is 9.59 Å². The molecule has 0 saturated heterocycles. The Labute approximate surface area is 165 Å². The van der Waals surface area contributed by atoms with Gasteiger partial charge in [-0.15, -0.1) is 0 Å². The van der Waals surface area contributed by atoms with E-state index in [2.05, 4.69) is 24.8 Å². The van der Waals surface area contributed by atoms with E-state index in [4.69, 9.17) is 9.84 Å². The standard InChI is InChI=1S/C16H30O2.C6H10O3/c1-4-5-6-7-8-9-10-11-12-13-14-18-16(17)15(2)3;1-3-6(8)9-4-5(2)7/h2,4-14H2,1,3H3;3,5,7H,1,4H2,2H3. The monoisotopic (exact) mass is 384 g/mol. The molecule has 0 aliphatic carbocycles. The second kappa shape index (κ2) is 20.7. The van der Waals surface area contributed by atoms with E-state index in [9.17, 15) is 9.59 Å². The highest BCUT2D eigenvalue weighted by atomic mass is 16.5. The number of carbonyl (C=O) groups is 2. The van der Waals surface area contributed by atoms with E-state index in [0.29, 0.717) is 12.2 Å². The lowest BCUT2D eigenvalue weighted by molar-refractivity contribution is -0.140. The van der Waals surface area contributed by atoms with Gasteiger partial charge in [0.1, 0.15) is 6.61 Å². The molecule has 1 atom stereocenters. The number of hydrogen-bond donors (Lipinski definition) is 1. The maximum Gasteiger partial charge on any atom is 0.333 e. The van der Waals surface area contributed by atoms with Crippen LogP contribution in [0.1, 0.15) is 85.0 Å². The minimum Gasteiger partial charge on any atom is -0.462 e. The third-order valence-corrected chi connectivity index (χ3v) is 3.71. The van der Waals surface area contributed by atoms with Crippen LogP contribution in [0.4, 0.5) is 0 Å². The molecule has 0 amide bonds. The van der Waals surface area contributed by atoms with Crippen molar-refractivity contribution in [3.63, 3.8) is 0 Å². The molecule has 0 saturated carbocycles. The Kier molecular flexibility index (Phi) is 21.1. The van der Waals surface area contributed by atoms with Crippen LogP contribution < -0.4 is 0 Å². The van der Waals surface area contributed by atoms with Crippen molar-refractivity contribution >= 4 is 11.9 Å². The van der Waals surface area contributed by atoms with Crippen molar-refractivity contribution in [2.45, 2.75) is 91.1 Å². The summed E-state index contributed by atoms with van der Waals surface area (Å²) in [4.78, 5) is 21.3. The molecule has 1 N–H and O–H groups in total. The van der Waals surface area contributed by atoms with Crippen molar-refractivity contribution in [3.8, 4) is 0 Å². The van der Waals surface area contributed by atoms with Gasteiger partial charge in [-0.1, -0.05) is 77.9 Å². The zero-order chi connectivity index (χ0) is 20.9. The number of rotatable bonds is 15. The van der Waals surface area contributed by atoms with Gasteiger partial charge in [0.2, 0.25) is 0 Å². The molecule has 1 unspecified atom stereocenters. The minimum absolute atomic E-state index is 0.0326. The molecule has 0 bridgehead atoms. The summed E-state index contributed by atoms with van der Waals surface area (Å²) in [6.45, 7) is 12.8. The van der Waals surface area contributed by atoms with E-state index < -0.39 is 12.1 Å². The fourth-order valence-corrected chi connectivity index (χ4v) is 2.14.